The molecule has 0 fully saturated rings. The molecule has 0 aliphatic heterocycles. The first-order valence-electron chi connectivity index (χ1n) is 5.06. The molecule has 17 heavy (non-hydrogen) atoms. The van der Waals surface area contributed by atoms with Gasteiger partial charge in [0.05, 0.1) is 16.0 Å². The molecule has 3 aromatic rings. The van der Waals surface area contributed by atoms with Gasteiger partial charge in [-0.1, -0.05) is 0 Å². The number of rotatable bonds is 1. The first-order chi connectivity index (χ1) is 8.08. The van der Waals surface area contributed by atoms with Crippen molar-refractivity contribution in [3.63, 3.8) is 0 Å². The molecule has 0 spiro atoms. The van der Waals surface area contributed by atoms with Crippen LogP contribution in [0.2, 0.25) is 0 Å². The number of aromatic amines is 1. The maximum Gasteiger partial charge on any atom is 0.316 e. The summed E-state index contributed by atoms with van der Waals surface area (Å²) in [5.74, 6) is 0.632. The molecule has 0 aromatic carbocycles. The predicted octanol–water partition coefficient (Wildman–Crippen LogP) is 1.74. The molecule has 0 atom stereocenters. The van der Waals surface area contributed by atoms with Gasteiger partial charge in [0.25, 0.3) is 0 Å². The first kappa shape index (κ1) is 9.76. The molecule has 0 saturated carbocycles. The maximum atomic E-state index is 11.0. The van der Waals surface area contributed by atoms with Crippen LogP contribution in [0, 0.1) is 24.0 Å². The van der Waals surface area contributed by atoms with Gasteiger partial charge in [0.2, 0.25) is 5.65 Å². The molecule has 0 aliphatic rings. The molecule has 3 rings (SSSR count). The van der Waals surface area contributed by atoms with E-state index in [1.165, 1.54) is 6.07 Å². The molecular weight excluding hydrogens is 222 g/mol. The van der Waals surface area contributed by atoms with Crippen LogP contribution in [0.4, 0.5) is 5.69 Å². The number of fused-ring (bicyclic) bond motifs is 3. The Balaban J connectivity index is 2.60. The second-order valence-electron chi connectivity index (χ2n) is 3.94. The fraction of sp³-hybridized carbons (Fsp3) is 0.200. The van der Waals surface area contributed by atoms with Crippen molar-refractivity contribution in [3.8, 4) is 0 Å². The first-order valence-corrected chi connectivity index (χ1v) is 5.06. The fourth-order valence-electron chi connectivity index (χ4n) is 2.04. The highest BCUT2D eigenvalue weighted by Gasteiger charge is 2.20. The Morgan fingerprint density at radius 3 is 2.82 bits per heavy atom. The second-order valence-corrected chi connectivity index (χ2v) is 3.94. The van der Waals surface area contributed by atoms with Gasteiger partial charge in [-0.2, -0.15) is 0 Å². The highest BCUT2D eigenvalue weighted by Crippen LogP contribution is 2.26. The molecule has 7 heteroatoms. The van der Waals surface area contributed by atoms with Crippen LogP contribution < -0.4 is 0 Å². The van der Waals surface area contributed by atoms with Crippen LogP contribution in [0.15, 0.2) is 12.1 Å². The summed E-state index contributed by atoms with van der Waals surface area (Å²) in [7, 11) is 0. The SMILES string of the molecule is Cc1cc2c(cc([N+](=O)[O-])c3nnc(C)n32)[nH]1. The van der Waals surface area contributed by atoms with E-state index in [1.54, 1.807) is 11.3 Å². The van der Waals surface area contributed by atoms with Crippen molar-refractivity contribution >= 4 is 22.4 Å². The summed E-state index contributed by atoms with van der Waals surface area (Å²) >= 11 is 0. The Kier molecular flexibility index (Phi) is 1.74. The standard InChI is InChI=1S/C10H9N5O2/c1-5-3-8-7(11-5)4-9(15(16)17)10-13-12-6(2)14(8)10/h3-4,11H,1-2H3. The van der Waals surface area contributed by atoms with Crippen LogP contribution >= 0.6 is 0 Å². The second kappa shape index (κ2) is 3.03. The number of hydrogen-bond acceptors (Lipinski definition) is 4. The molecule has 0 radical (unpaired) electrons. The van der Waals surface area contributed by atoms with Gasteiger partial charge in [-0.05, 0) is 19.9 Å². The highest BCUT2D eigenvalue weighted by atomic mass is 16.6. The molecule has 86 valence electrons. The van der Waals surface area contributed by atoms with E-state index in [2.05, 4.69) is 15.2 Å². The average Bonchev–Trinajstić information content (AvgIpc) is 2.79. The van der Waals surface area contributed by atoms with Crippen LogP contribution in [0.25, 0.3) is 16.7 Å². The van der Waals surface area contributed by atoms with Crippen molar-refractivity contribution in [2.45, 2.75) is 13.8 Å². The quantitative estimate of drug-likeness (QED) is 0.510. The Hall–Kier alpha value is -2.44. The van der Waals surface area contributed by atoms with E-state index in [0.717, 1.165) is 11.2 Å². The molecule has 0 amide bonds. The lowest BCUT2D eigenvalue weighted by molar-refractivity contribution is -0.383. The van der Waals surface area contributed by atoms with Crippen molar-refractivity contribution in [2.75, 3.05) is 0 Å². The smallest absolute Gasteiger partial charge is 0.316 e. The van der Waals surface area contributed by atoms with Gasteiger partial charge in [-0.3, -0.25) is 14.5 Å². The van der Waals surface area contributed by atoms with Crippen LogP contribution in [0.1, 0.15) is 11.5 Å². The zero-order chi connectivity index (χ0) is 12.2. The van der Waals surface area contributed by atoms with Crippen LogP contribution in [0.5, 0.6) is 0 Å². The Morgan fingerprint density at radius 1 is 1.35 bits per heavy atom. The Bertz CT molecular complexity index is 755. The molecular formula is C10H9N5O2. The van der Waals surface area contributed by atoms with E-state index in [9.17, 15) is 10.1 Å². The van der Waals surface area contributed by atoms with Gasteiger partial charge in [0, 0.05) is 11.8 Å². The summed E-state index contributed by atoms with van der Waals surface area (Å²) in [5.41, 5.74) is 2.74. The summed E-state index contributed by atoms with van der Waals surface area (Å²) in [6.07, 6.45) is 0. The third-order valence-electron chi connectivity index (χ3n) is 2.73. The summed E-state index contributed by atoms with van der Waals surface area (Å²) in [4.78, 5) is 13.6. The van der Waals surface area contributed by atoms with Gasteiger partial charge in [-0.15, -0.1) is 10.2 Å². The van der Waals surface area contributed by atoms with Gasteiger partial charge in [0.1, 0.15) is 5.82 Å². The molecule has 1 N–H and O–H groups in total. The van der Waals surface area contributed by atoms with Gasteiger partial charge in [0.15, 0.2) is 0 Å². The Morgan fingerprint density at radius 2 is 2.12 bits per heavy atom. The van der Waals surface area contributed by atoms with E-state index in [0.29, 0.717) is 11.3 Å². The number of nitrogens with one attached hydrogen (secondary N) is 1. The lowest BCUT2D eigenvalue weighted by Crippen LogP contribution is -1.96. The molecule has 0 aliphatic carbocycles. The number of aromatic nitrogens is 4. The molecule has 0 saturated heterocycles. The number of hydrogen-bond donors (Lipinski definition) is 1. The van der Waals surface area contributed by atoms with E-state index in [4.69, 9.17) is 0 Å². The summed E-state index contributed by atoms with van der Waals surface area (Å²) in [6.45, 7) is 3.67. The number of nitrogens with zero attached hydrogens (tertiary/aromatic N) is 4. The number of aryl methyl sites for hydroxylation is 2. The number of H-pyrrole nitrogens is 1. The zero-order valence-electron chi connectivity index (χ0n) is 9.26. The van der Waals surface area contributed by atoms with Crippen molar-refractivity contribution in [1.82, 2.24) is 19.6 Å². The van der Waals surface area contributed by atoms with Crippen molar-refractivity contribution in [3.05, 3.63) is 33.8 Å². The zero-order valence-corrected chi connectivity index (χ0v) is 9.26. The van der Waals surface area contributed by atoms with Crippen LogP contribution in [-0.2, 0) is 0 Å². The predicted molar refractivity (Wildman–Crippen MR) is 61.0 cm³/mol. The van der Waals surface area contributed by atoms with Gasteiger partial charge >= 0.3 is 5.69 Å². The summed E-state index contributed by atoms with van der Waals surface area (Å²) in [5, 5.41) is 18.7. The molecule has 3 aromatic heterocycles. The largest absolute Gasteiger partial charge is 0.357 e. The van der Waals surface area contributed by atoms with Crippen LogP contribution in [-0.4, -0.2) is 24.5 Å². The van der Waals surface area contributed by atoms with Crippen molar-refractivity contribution < 1.29 is 4.92 Å². The van der Waals surface area contributed by atoms with E-state index in [-0.39, 0.29) is 11.3 Å². The minimum absolute atomic E-state index is 0.0417. The summed E-state index contributed by atoms with van der Waals surface area (Å²) in [6, 6.07) is 3.41. The van der Waals surface area contributed by atoms with Gasteiger partial charge < -0.3 is 4.98 Å². The lowest BCUT2D eigenvalue weighted by Gasteiger charge is -1.98. The monoisotopic (exact) mass is 231 g/mol. The third kappa shape index (κ3) is 1.22. The minimum Gasteiger partial charge on any atom is -0.357 e. The molecule has 0 unspecified atom stereocenters. The van der Waals surface area contributed by atoms with Gasteiger partial charge in [-0.25, -0.2) is 0 Å². The fourth-order valence-corrected chi connectivity index (χ4v) is 2.04. The average molecular weight is 231 g/mol. The van der Waals surface area contributed by atoms with Crippen LogP contribution in [0.3, 0.4) is 0 Å². The normalized spacial score (nSPS) is 11.4. The van der Waals surface area contributed by atoms with E-state index in [1.807, 2.05) is 13.0 Å². The number of pyridine rings is 1. The molecule has 3 heterocycles. The topological polar surface area (TPSA) is 89.1 Å². The van der Waals surface area contributed by atoms with E-state index < -0.39 is 4.92 Å². The third-order valence-corrected chi connectivity index (χ3v) is 2.73. The van der Waals surface area contributed by atoms with Crippen molar-refractivity contribution in [1.29, 1.82) is 0 Å². The highest BCUT2D eigenvalue weighted by molar-refractivity contribution is 5.85. The van der Waals surface area contributed by atoms with E-state index >= 15 is 0 Å². The molecule has 0 bridgehead atoms. The maximum absolute atomic E-state index is 11.0. The summed E-state index contributed by atoms with van der Waals surface area (Å²) < 4.78 is 1.69. The number of nitro groups is 1. The Labute approximate surface area is 95.2 Å². The lowest BCUT2D eigenvalue weighted by atomic mass is 10.3. The minimum atomic E-state index is -0.445. The van der Waals surface area contributed by atoms with Crippen molar-refractivity contribution in [2.24, 2.45) is 0 Å². The molecule has 7 nitrogen and oxygen atoms in total.